The molecule has 0 spiro atoms. The van der Waals surface area contributed by atoms with Crippen LogP contribution in [0.2, 0.25) is 0 Å². The lowest BCUT2D eigenvalue weighted by molar-refractivity contribution is 1.23. The van der Waals surface area contributed by atoms with Crippen LogP contribution in [-0.2, 0) is 0 Å². The van der Waals surface area contributed by atoms with Gasteiger partial charge in [0.05, 0.1) is 5.71 Å². The van der Waals surface area contributed by atoms with E-state index in [0.29, 0.717) is 0 Å². The third-order valence-electron chi connectivity index (χ3n) is 1.12. The van der Waals surface area contributed by atoms with E-state index in [0.717, 1.165) is 12.1 Å². The first-order chi connectivity index (χ1) is 4.85. The van der Waals surface area contributed by atoms with Gasteiger partial charge in [-0.25, -0.2) is 0 Å². The molecule has 0 rings (SSSR count). The Morgan fingerprint density at radius 2 is 2.10 bits per heavy atom. The second-order valence-electron chi connectivity index (χ2n) is 1.96. The third-order valence-corrected chi connectivity index (χ3v) is 1.12. The Balaban J connectivity index is 3.97. The van der Waals surface area contributed by atoms with Crippen molar-refractivity contribution in [2.45, 2.75) is 20.3 Å². The number of hydrogen-bond donors (Lipinski definition) is 0. The Kier molecular flexibility index (Phi) is 5.74. The second-order valence-corrected chi connectivity index (χ2v) is 1.96. The van der Waals surface area contributed by atoms with Crippen LogP contribution in [0.3, 0.4) is 0 Å². The molecule has 10 heavy (non-hydrogen) atoms. The molecule has 0 aliphatic carbocycles. The van der Waals surface area contributed by atoms with Gasteiger partial charge in [-0.2, -0.15) is 0 Å². The van der Waals surface area contributed by atoms with Gasteiger partial charge in [0.25, 0.3) is 0 Å². The van der Waals surface area contributed by atoms with Crippen LogP contribution >= 0.6 is 0 Å². The molecule has 0 saturated carbocycles. The fraction of sp³-hybridized carbons (Fsp3) is 0.444. The van der Waals surface area contributed by atoms with Crippen LogP contribution in [0.1, 0.15) is 20.3 Å². The average molecular weight is 137 g/mol. The van der Waals surface area contributed by atoms with Crippen molar-refractivity contribution in [2.75, 3.05) is 7.05 Å². The van der Waals surface area contributed by atoms with Gasteiger partial charge in [-0.05, 0) is 25.5 Å². The standard InChI is InChI=1S/C9H15N/c1-4-6-8-9(10-3)7-5-2/h5-8H,4H2,1-3H3/b7-5+,8-6-,10-9?. The molecule has 0 radical (unpaired) electrons. The smallest absolute Gasteiger partial charge is 0.0564 e. The lowest BCUT2D eigenvalue weighted by Crippen LogP contribution is -1.84. The second kappa shape index (κ2) is 6.27. The highest BCUT2D eigenvalue weighted by molar-refractivity contribution is 6.03. The molecule has 0 aliphatic rings. The Morgan fingerprint density at radius 1 is 1.40 bits per heavy atom. The lowest BCUT2D eigenvalue weighted by atomic mass is 10.3. The summed E-state index contributed by atoms with van der Waals surface area (Å²) in [4.78, 5) is 4.06. The van der Waals surface area contributed by atoms with E-state index in [4.69, 9.17) is 0 Å². The molecule has 0 heterocycles. The molecular weight excluding hydrogens is 122 g/mol. The molecule has 0 fully saturated rings. The number of rotatable bonds is 3. The molecule has 0 aliphatic heterocycles. The molecule has 56 valence electrons. The van der Waals surface area contributed by atoms with Gasteiger partial charge in [-0.15, -0.1) is 0 Å². The zero-order valence-electron chi connectivity index (χ0n) is 6.96. The molecule has 0 atom stereocenters. The van der Waals surface area contributed by atoms with Crippen molar-refractivity contribution in [1.29, 1.82) is 0 Å². The Hall–Kier alpha value is -0.850. The predicted octanol–water partition coefficient (Wildman–Crippen LogP) is 2.60. The molecule has 0 aromatic rings. The van der Waals surface area contributed by atoms with Crippen molar-refractivity contribution in [3.8, 4) is 0 Å². The number of allylic oxidation sites excluding steroid dienone is 4. The van der Waals surface area contributed by atoms with Crippen LogP contribution < -0.4 is 0 Å². The van der Waals surface area contributed by atoms with E-state index >= 15 is 0 Å². The molecule has 0 unspecified atom stereocenters. The summed E-state index contributed by atoms with van der Waals surface area (Å²) in [5.41, 5.74) is 1.03. The quantitative estimate of drug-likeness (QED) is 0.530. The minimum absolute atomic E-state index is 1.03. The molecular formula is C9H15N. The molecule has 0 aromatic carbocycles. The van der Waals surface area contributed by atoms with Gasteiger partial charge in [0.15, 0.2) is 0 Å². The molecule has 0 bridgehead atoms. The van der Waals surface area contributed by atoms with Crippen LogP contribution in [-0.4, -0.2) is 12.8 Å². The first-order valence-corrected chi connectivity index (χ1v) is 3.61. The summed E-state index contributed by atoms with van der Waals surface area (Å²) in [5.74, 6) is 0. The van der Waals surface area contributed by atoms with E-state index in [1.165, 1.54) is 0 Å². The highest BCUT2D eigenvalue weighted by atomic mass is 14.7. The van der Waals surface area contributed by atoms with Crippen molar-refractivity contribution in [3.63, 3.8) is 0 Å². The first-order valence-electron chi connectivity index (χ1n) is 3.61. The van der Waals surface area contributed by atoms with E-state index in [1.807, 2.05) is 25.2 Å². The minimum Gasteiger partial charge on any atom is -0.289 e. The van der Waals surface area contributed by atoms with Crippen molar-refractivity contribution < 1.29 is 0 Å². The van der Waals surface area contributed by atoms with Crippen LogP contribution in [0.4, 0.5) is 0 Å². The fourth-order valence-corrected chi connectivity index (χ4v) is 0.614. The Morgan fingerprint density at radius 3 is 2.50 bits per heavy atom. The van der Waals surface area contributed by atoms with E-state index in [2.05, 4.69) is 18.0 Å². The maximum absolute atomic E-state index is 4.06. The molecule has 0 N–H and O–H groups in total. The summed E-state index contributed by atoms with van der Waals surface area (Å²) >= 11 is 0. The van der Waals surface area contributed by atoms with Crippen LogP contribution in [0, 0.1) is 0 Å². The van der Waals surface area contributed by atoms with Gasteiger partial charge >= 0.3 is 0 Å². The van der Waals surface area contributed by atoms with E-state index in [9.17, 15) is 0 Å². The van der Waals surface area contributed by atoms with Gasteiger partial charge < -0.3 is 0 Å². The highest BCUT2D eigenvalue weighted by Crippen LogP contribution is 1.86. The van der Waals surface area contributed by atoms with E-state index in [-0.39, 0.29) is 0 Å². The van der Waals surface area contributed by atoms with Gasteiger partial charge in [-0.3, -0.25) is 4.99 Å². The fourth-order valence-electron chi connectivity index (χ4n) is 0.614. The SMILES string of the molecule is C/C=C/C(/C=C\CC)=NC. The van der Waals surface area contributed by atoms with Crippen molar-refractivity contribution in [1.82, 2.24) is 0 Å². The summed E-state index contributed by atoms with van der Waals surface area (Å²) in [5, 5.41) is 0. The monoisotopic (exact) mass is 137 g/mol. The normalized spacial score (nSPS) is 13.7. The average Bonchev–Trinajstić information content (AvgIpc) is 1.98. The molecule has 0 aromatic heterocycles. The maximum Gasteiger partial charge on any atom is 0.0564 e. The van der Waals surface area contributed by atoms with E-state index in [1.54, 1.807) is 7.05 Å². The van der Waals surface area contributed by atoms with Gasteiger partial charge in [0.2, 0.25) is 0 Å². The minimum atomic E-state index is 1.03. The molecule has 0 amide bonds. The molecule has 0 saturated heterocycles. The number of hydrogen-bond acceptors (Lipinski definition) is 1. The number of aliphatic imine (C=N–C) groups is 1. The van der Waals surface area contributed by atoms with Crippen LogP contribution in [0.25, 0.3) is 0 Å². The zero-order chi connectivity index (χ0) is 7.82. The molecule has 1 nitrogen and oxygen atoms in total. The molecule has 1 heteroatoms. The van der Waals surface area contributed by atoms with Crippen molar-refractivity contribution >= 4 is 5.71 Å². The Bertz CT molecular complexity index is 152. The summed E-state index contributed by atoms with van der Waals surface area (Å²) in [6.07, 6.45) is 9.17. The Labute approximate surface area is 63.2 Å². The number of nitrogens with zero attached hydrogens (tertiary/aromatic N) is 1. The predicted molar refractivity (Wildman–Crippen MR) is 47.6 cm³/mol. The highest BCUT2D eigenvalue weighted by Gasteiger charge is 1.80. The topological polar surface area (TPSA) is 12.4 Å². The summed E-state index contributed by atoms with van der Waals surface area (Å²) in [6.45, 7) is 4.10. The maximum atomic E-state index is 4.06. The summed E-state index contributed by atoms with van der Waals surface area (Å²) in [6, 6.07) is 0. The third kappa shape index (κ3) is 4.07. The largest absolute Gasteiger partial charge is 0.289 e. The van der Waals surface area contributed by atoms with Crippen LogP contribution in [0.5, 0.6) is 0 Å². The lowest BCUT2D eigenvalue weighted by Gasteiger charge is -1.87. The zero-order valence-corrected chi connectivity index (χ0v) is 6.96. The summed E-state index contributed by atoms with van der Waals surface area (Å²) in [7, 11) is 1.80. The van der Waals surface area contributed by atoms with Crippen molar-refractivity contribution in [2.24, 2.45) is 4.99 Å². The summed E-state index contributed by atoms with van der Waals surface area (Å²) < 4.78 is 0. The van der Waals surface area contributed by atoms with Gasteiger partial charge in [0, 0.05) is 7.05 Å². The van der Waals surface area contributed by atoms with Gasteiger partial charge in [-0.1, -0.05) is 19.1 Å². The van der Waals surface area contributed by atoms with E-state index < -0.39 is 0 Å². The van der Waals surface area contributed by atoms with Gasteiger partial charge in [0.1, 0.15) is 0 Å². The van der Waals surface area contributed by atoms with Crippen LogP contribution in [0.15, 0.2) is 29.3 Å². The van der Waals surface area contributed by atoms with Crippen molar-refractivity contribution in [3.05, 3.63) is 24.3 Å². The first kappa shape index (κ1) is 9.15.